The summed E-state index contributed by atoms with van der Waals surface area (Å²) in [6.07, 6.45) is 1.88. The van der Waals surface area contributed by atoms with Crippen LogP contribution in [0, 0.1) is 0 Å². The van der Waals surface area contributed by atoms with Crippen LogP contribution in [0.25, 0.3) is 10.6 Å². The van der Waals surface area contributed by atoms with Gasteiger partial charge in [0.15, 0.2) is 0 Å². The first-order valence-electron chi connectivity index (χ1n) is 5.88. The number of nitrogens with zero attached hydrogens (tertiary/aromatic N) is 1. The molecular formula is C14H12BrN3S. The summed E-state index contributed by atoms with van der Waals surface area (Å²) in [5.74, 6) is 0. The minimum absolute atomic E-state index is 0.755. The van der Waals surface area contributed by atoms with Gasteiger partial charge in [0.2, 0.25) is 0 Å². The summed E-state index contributed by atoms with van der Waals surface area (Å²) >= 11 is 5.14. The maximum absolute atomic E-state index is 4.14. The van der Waals surface area contributed by atoms with Crippen LogP contribution in [-0.4, -0.2) is 10.2 Å². The summed E-state index contributed by atoms with van der Waals surface area (Å²) in [6.45, 7) is 0.755. The smallest absolute Gasteiger partial charge is 0.0799 e. The predicted octanol–water partition coefficient (Wildman–Crippen LogP) is 4.51. The zero-order valence-electron chi connectivity index (χ0n) is 10.1. The van der Waals surface area contributed by atoms with E-state index in [9.17, 15) is 0 Å². The molecule has 0 fully saturated rings. The van der Waals surface area contributed by atoms with Crippen molar-refractivity contribution in [2.24, 2.45) is 0 Å². The fourth-order valence-corrected chi connectivity index (χ4v) is 2.86. The topological polar surface area (TPSA) is 40.7 Å². The summed E-state index contributed by atoms with van der Waals surface area (Å²) in [6, 6.07) is 12.3. The summed E-state index contributed by atoms with van der Waals surface area (Å²) < 4.78 is 1.08. The molecule has 3 nitrogen and oxygen atoms in total. The van der Waals surface area contributed by atoms with Crippen molar-refractivity contribution in [2.75, 3.05) is 5.32 Å². The van der Waals surface area contributed by atoms with Gasteiger partial charge in [-0.1, -0.05) is 22.0 Å². The highest BCUT2D eigenvalue weighted by atomic mass is 79.9. The first kappa shape index (κ1) is 12.4. The molecule has 0 unspecified atom stereocenters. The Kier molecular flexibility index (Phi) is 3.66. The molecule has 0 aliphatic carbocycles. The summed E-state index contributed by atoms with van der Waals surface area (Å²) in [7, 11) is 0. The van der Waals surface area contributed by atoms with Gasteiger partial charge < -0.3 is 5.32 Å². The highest BCUT2D eigenvalue weighted by molar-refractivity contribution is 9.10. The summed E-state index contributed by atoms with van der Waals surface area (Å²) in [4.78, 5) is 1.21. The van der Waals surface area contributed by atoms with Gasteiger partial charge in [-0.15, -0.1) is 11.3 Å². The van der Waals surface area contributed by atoms with Crippen molar-refractivity contribution in [1.29, 1.82) is 0 Å². The van der Waals surface area contributed by atoms with Crippen LogP contribution in [0.15, 0.2) is 52.4 Å². The third kappa shape index (κ3) is 2.88. The zero-order valence-corrected chi connectivity index (χ0v) is 12.5. The lowest BCUT2D eigenvalue weighted by atomic mass is 10.2. The highest BCUT2D eigenvalue weighted by Crippen LogP contribution is 2.26. The number of thiophene rings is 1. The number of nitrogens with one attached hydrogen (secondary N) is 2. The Hall–Kier alpha value is -1.59. The van der Waals surface area contributed by atoms with Gasteiger partial charge in [-0.2, -0.15) is 5.10 Å². The van der Waals surface area contributed by atoms with Gasteiger partial charge in [0.05, 0.1) is 16.8 Å². The van der Waals surface area contributed by atoms with Gasteiger partial charge in [-0.25, -0.2) is 0 Å². The second-order valence-electron chi connectivity index (χ2n) is 4.11. The number of aromatic amines is 1. The van der Waals surface area contributed by atoms with Crippen molar-refractivity contribution in [3.63, 3.8) is 0 Å². The lowest BCUT2D eigenvalue weighted by molar-refractivity contribution is 1.10. The van der Waals surface area contributed by atoms with Crippen LogP contribution in [0.1, 0.15) is 5.56 Å². The first-order valence-corrected chi connectivity index (χ1v) is 7.56. The molecule has 96 valence electrons. The van der Waals surface area contributed by atoms with E-state index in [1.807, 2.05) is 24.4 Å². The second-order valence-corrected chi connectivity index (χ2v) is 5.97. The van der Waals surface area contributed by atoms with Gasteiger partial charge in [0, 0.05) is 22.3 Å². The van der Waals surface area contributed by atoms with E-state index in [4.69, 9.17) is 0 Å². The van der Waals surface area contributed by atoms with Crippen molar-refractivity contribution in [1.82, 2.24) is 10.2 Å². The summed E-state index contributed by atoms with van der Waals surface area (Å²) in [5.41, 5.74) is 3.37. The van der Waals surface area contributed by atoms with E-state index in [0.717, 1.165) is 22.4 Å². The SMILES string of the molecule is Brc1ccc(NCc2cn[nH]c2-c2cccs2)cc1. The molecule has 0 aliphatic rings. The largest absolute Gasteiger partial charge is 0.381 e. The Morgan fingerprint density at radius 2 is 2.05 bits per heavy atom. The molecule has 0 bridgehead atoms. The van der Waals surface area contributed by atoms with Crippen molar-refractivity contribution in [2.45, 2.75) is 6.54 Å². The molecule has 0 aliphatic heterocycles. The van der Waals surface area contributed by atoms with Gasteiger partial charge in [-0.05, 0) is 35.7 Å². The van der Waals surface area contributed by atoms with Crippen LogP contribution in [0.3, 0.4) is 0 Å². The number of hydrogen-bond donors (Lipinski definition) is 2. The van der Waals surface area contributed by atoms with Crippen molar-refractivity contribution in [3.05, 3.63) is 58.0 Å². The molecule has 2 heterocycles. The number of halogens is 1. The Labute approximate surface area is 123 Å². The van der Waals surface area contributed by atoms with Crippen LogP contribution >= 0.6 is 27.3 Å². The fourth-order valence-electron chi connectivity index (χ4n) is 1.84. The zero-order chi connectivity index (χ0) is 13.1. The van der Waals surface area contributed by atoms with Gasteiger partial charge in [0.1, 0.15) is 0 Å². The Morgan fingerprint density at radius 3 is 2.79 bits per heavy atom. The van der Waals surface area contributed by atoms with Crippen molar-refractivity contribution < 1.29 is 0 Å². The highest BCUT2D eigenvalue weighted by Gasteiger charge is 2.08. The standard InChI is InChI=1S/C14H12BrN3S/c15-11-3-5-12(6-4-11)16-8-10-9-17-18-14(10)13-2-1-7-19-13/h1-7,9,16H,8H2,(H,17,18). The number of rotatable bonds is 4. The van der Waals surface area contributed by atoms with Crippen molar-refractivity contribution in [3.8, 4) is 10.6 Å². The number of benzene rings is 1. The van der Waals surface area contributed by atoms with Crippen molar-refractivity contribution >= 4 is 33.0 Å². The minimum Gasteiger partial charge on any atom is -0.381 e. The fraction of sp³-hybridized carbons (Fsp3) is 0.0714. The lowest BCUT2D eigenvalue weighted by Gasteiger charge is -2.06. The molecule has 0 amide bonds. The van der Waals surface area contributed by atoms with Crippen LogP contribution < -0.4 is 5.32 Å². The van der Waals surface area contributed by atoms with Gasteiger partial charge in [-0.3, -0.25) is 5.10 Å². The monoisotopic (exact) mass is 333 g/mol. The Balaban J connectivity index is 1.74. The maximum atomic E-state index is 4.14. The third-order valence-corrected chi connectivity index (χ3v) is 4.23. The van der Waals surface area contributed by atoms with Gasteiger partial charge in [0.25, 0.3) is 0 Å². The molecule has 5 heteroatoms. The van der Waals surface area contributed by atoms with E-state index in [0.29, 0.717) is 0 Å². The number of anilines is 1. The van der Waals surface area contributed by atoms with Crippen LogP contribution in [0.5, 0.6) is 0 Å². The van der Waals surface area contributed by atoms with E-state index >= 15 is 0 Å². The molecule has 2 N–H and O–H groups in total. The molecule has 0 radical (unpaired) electrons. The molecule has 0 spiro atoms. The number of H-pyrrole nitrogens is 1. The van der Waals surface area contributed by atoms with E-state index in [2.05, 4.69) is 55.0 Å². The van der Waals surface area contributed by atoms with Crippen LogP contribution in [-0.2, 0) is 6.54 Å². The average Bonchev–Trinajstić information content (AvgIpc) is 3.08. The van der Waals surface area contributed by atoms with E-state index < -0.39 is 0 Å². The lowest BCUT2D eigenvalue weighted by Crippen LogP contribution is -1.99. The molecule has 3 rings (SSSR count). The maximum Gasteiger partial charge on any atom is 0.0799 e. The average molecular weight is 334 g/mol. The van der Waals surface area contributed by atoms with E-state index in [1.165, 1.54) is 10.4 Å². The molecule has 0 saturated carbocycles. The second kappa shape index (κ2) is 5.59. The number of hydrogen-bond acceptors (Lipinski definition) is 3. The molecule has 0 atom stereocenters. The van der Waals surface area contributed by atoms with E-state index in [-0.39, 0.29) is 0 Å². The minimum atomic E-state index is 0.755. The summed E-state index contributed by atoms with van der Waals surface area (Å²) in [5, 5.41) is 12.7. The van der Waals surface area contributed by atoms with Crippen LogP contribution in [0.4, 0.5) is 5.69 Å². The van der Waals surface area contributed by atoms with Crippen LogP contribution in [0.2, 0.25) is 0 Å². The molecule has 3 aromatic rings. The van der Waals surface area contributed by atoms with E-state index in [1.54, 1.807) is 11.3 Å². The normalized spacial score (nSPS) is 10.6. The number of aromatic nitrogens is 2. The molecule has 1 aromatic carbocycles. The molecule has 2 aromatic heterocycles. The van der Waals surface area contributed by atoms with Gasteiger partial charge >= 0.3 is 0 Å². The third-order valence-electron chi connectivity index (χ3n) is 2.81. The first-order chi connectivity index (χ1) is 9.33. The predicted molar refractivity (Wildman–Crippen MR) is 83.4 cm³/mol. The molecule has 0 saturated heterocycles. The molecule has 19 heavy (non-hydrogen) atoms. The Morgan fingerprint density at radius 1 is 1.21 bits per heavy atom. The quantitative estimate of drug-likeness (QED) is 0.737. The Bertz CT molecular complexity index is 644. The molecular weight excluding hydrogens is 322 g/mol.